The summed E-state index contributed by atoms with van der Waals surface area (Å²) in [7, 11) is 0. The van der Waals surface area contributed by atoms with Crippen LogP contribution >= 0.6 is 11.8 Å². The van der Waals surface area contributed by atoms with Crippen LogP contribution in [0.1, 0.15) is 12.8 Å². The maximum Gasteiger partial charge on any atom is 0.0158 e. The first-order valence-corrected chi connectivity index (χ1v) is 5.01. The van der Waals surface area contributed by atoms with Gasteiger partial charge >= 0.3 is 0 Å². The molecule has 0 aliphatic carbocycles. The van der Waals surface area contributed by atoms with Gasteiger partial charge in [0.2, 0.25) is 0 Å². The zero-order valence-corrected chi connectivity index (χ0v) is 7.12. The highest BCUT2D eigenvalue weighted by Gasteiger charge is 2.12. The van der Waals surface area contributed by atoms with E-state index >= 15 is 0 Å². The summed E-state index contributed by atoms with van der Waals surface area (Å²) in [5, 5.41) is 3.46. The molecule has 1 nitrogen and oxygen atoms in total. The molecule has 1 unspecified atom stereocenters. The molecule has 1 fully saturated rings. The fourth-order valence-corrected chi connectivity index (χ4v) is 2.06. The van der Waals surface area contributed by atoms with Gasteiger partial charge in [0.25, 0.3) is 0 Å². The lowest BCUT2D eigenvalue weighted by Gasteiger charge is -2.07. The Hall–Kier alpha value is 0.0500. The Kier molecular flexibility index (Phi) is 3.91. The first-order valence-electron chi connectivity index (χ1n) is 3.85. The zero-order chi connectivity index (χ0) is 7.23. The molecule has 1 aliphatic rings. The Morgan fingerprint density at radius 2 is 2.60 bits per heavy atom. The molecule has 1 rings (SSSR count). The second kappa shape index (κ2) is 4.80. The predicted octanol–water partition coefficient (Wildman–Crippen LogP) is 1.66. The molecule has 0 amide bonds. The molecule has 58 valence electrons. The summed E-state index contributed by atoms with van der Waals surface area (Å²) in [6.07, 6.45) is 4.70. The summed E-state index contributed by atoms with van der Waals surface area (Å²) in [5.74, 6) is 2.35. The fraction of sp³-hybridized carbons (Fsp3) is 0.750. The second-order valence-corrected chi connectivity index (χ2v) is 3.69. The van der Waals surface area contributed by atoms with Crippen LogP contribution in [0.15, 0.2) is 12.7 Å². The molecule has 1 atom stereocenters. The van der Waals surface area contributed by atoms with Gasteiger partial charge in [-0.1, -0.05) is 6.08 Å². The van der Waals surface area contributed by atoms with Crippen molar-refractivity contribution in [3.8, 4) is 0 Å². The predicted molar refractivity (Wildman–Crippen MR) is 48.5 cm³/mol. The van der Waals surface area contributed by atoms with E-state index in [1.54, 1.807) is 0 Å². The van der Waals surface area contributed by atoms with Crippen molar-refractivity contribution in [2.75, 3.05) is 18.1 Å². The van der Waals surface area contributed by atoms with E-state index in [0.717, 1.165) is 11.8 Å². The smallest absolute Gasteiger partial charge is 0.0158 e. The molecule has 1 N–H and O–H groups in total. The lowest BCUT2D eigenvalue weighted by atomic mass is 10.3. The minimum Gasteiger partial charge on any atom is -0.313 e. The van der Waals surface area contributed by atoms with Crippen molar-refractivity contribution in [3.63, 3.8) is 0 Å². The van der Waals surface area contributed by atoms with Crippen LogP contribution in [-0.2, 0) is 0 Å². The molecule has 0 aromatic carbocycles. The largest absolute Gasteiger partial charge is 0.313 e. The number of rotatable bonds is 4. The maximum absolute atomic E-state index is 3.68. The summed E-state index contributed by atoms with van der Waals surface area (Å²) in [6, 6.07) is 0.782. The molecule has 0 aromatic rings. The van der Waals surface area contributed by atoms with Gasteiger partial charge in [0.1, 0.15) is 0 Å². The monoisotopic (exact) mass is 157 g/mol. The van der Waals surface area contributed by atoms with Gasteiger partial charge in [-0.3, -0.25) is 0 Å². The van der Waals surface area contributed by atoms with Crippen LogP contribution in [0.2, 0.25) is 0 Å². The lowest BCUT2D eigenvalue weighted by Crippen LogP contribution is -2.23. The third-order valence-electron chi connectivity index (χ3n) is 1.72. The zero-order valence-electron chi connectivity index (χ0n) is 6.31. The fourth-order valence-electron chi connectivity index (χ4n) is 1.19. The van der Waals surface area contributed by atoms with Crippen LogP contribution in [0.3, 0.4) is 0 Å². The van der Waals surface area contributed by atoms with Crippen LogP contribution in [0.5, 0.6) is 0 Å². The second-order valence-electron chi connectivity index (χ2n) is 2.62. The highest BCUT2D eigenvalue weighted by Crippen LogP contribution is 2.11. The van der Waals surface area contributed by atoms with E-state index in [2.05, 4.69) is 11.9 Å². The van der Waals surface area contributed by atoms with Crippen LogP contribution in [-0.4, -0.2) is 24.1 Å². The normalized spacial score (nSPS) is 25.0. The van der Waals surface area contributed by atoms with Gasteiger partial charge in [0, 0.05) is 17.5 Å². The number of thioether (sulfide) groups is 1. The Morgan fingerprint density at radius 3 is 3.20 bits per heavy atom. The Labute approximate surface area is 67.3 Å². The molecule has 2 heteroatoms. The Morgan fingerprint density at radius 1 is 1.70 bits per heavy atom. The van der Waals surface area contributed by atoms with Gasteiger partial charge in [0.05, 0.1) is 0 Å². The SMILES string of the molecule is C=CCSCC1CCCN1. The molecule has 0 radical (unpaired) electrons. The molecular weight excluding hydrogens is 142 g/mol. The van der Waals surface area contributed by atoms with Gasteiger partial charge in [-0.25, -0.2) is 0 Å². The van der Waals surface area contributed by atoms with Gasteiger partial charge in [-0.05, 0) is 19.4 Å². The van der Waals surface area contributed by atoms with Crippen LogP contribution in [0.25, 0.3) is 0 Å². The topological polar surface area (TPSA) is 12.0 Å². The maximum atomic E-state index is 3.68. The van der Waals surface area contributed by atoms with E-state index in [4.69, 9.17) is 0 Å². The Balaban J connectivity index is 1.96. The summed E-state index contributed by atoms with van der Waals surface area (Å²) in [5.41, 5.74) is 0. The summed E-state index contributed by atoms with van der Waals surface area (Å²) in [6.45, 7) is 4.91. The van der Waals surface area contributed by atoms with Crippen molar-refractivity contribution in [2.24, 2.45) is 0 Å². The Bertz CT molecular complexity index is 97.4. The van der Waals surface area contributed by atoms with Crippen molar-refractivity contribution in [3.05, 3.63) is 12.7 Å². The molecule has 1 aliphatic heterocycles. The first-order chi connectivity index (χ1) is 4.93. The van der Waals surface area contributed by atoms with Crippen molar-refractivity contribution in [2.45, 2.75) is 18.9 Å². The summed E-state index contributed by atoms with van der Waals surface area (Å²) >= 11 is 1.97. The molecule has 0 saturated carbocycles. The van der Waals surface area contributed by atoms with Crippen molar-refractivity contribution in [1.82, 2.24) is 5.32 Å². The average molecular weight is 157 g/mol. The molecule has 10 heavy (non-hydrogen) atoms. The van der Waals surface area contributed by atoms with Crippen LogP contribution in [0.4, 0.5) is 0 Å². The number of nitrogens with one attached hydrogen (secondary N) is 1. The lowest BCUT2D eigenvalue weighted by molar-refractivity contribution is 0.674. The van der Waals surface area contributed by atoms with Gasteiger partial charge in [-0.2, -0.15) is 11.8 Å². The third kappa shape index (κ3) is 2.76. The molecule has 0 bridgehead atoms. The molecule has 1 heterocycles. The minimum atomic E-state index is 0.782. The van der Waals surface area contributed by atoms with E-state index in [9.17, 15) is 0 Å². The van der Waals surface area contributed by atoms with Crippen molar-refractivity contribution < 1.29 is 0 Å². The van der Waals surface area contributed by atoms with Crippen molar-refractivity contribution >= 4 is 11.8 Å². The first kappa shape index (κ1) is 8.15. The van der Waals surface area contributed by atoms with Gasteiger partial charge < -0.3 is 5.32 Å². The summed E-state index contributed by atoms with van der Waals surface area (Å²) < 4.78 is 0. The standard InChI is InChI=1S/C8H15NS/c1-2-6-10-7-8-4-3-5-9-8/h2,8-9H,1,3-7H2. The van der Waals surface area contributed by atoms with E-state index in [1.165, 1.54) is 25.1 Å². The summed E-state index contributed by atoms with van der Waals surface area (Å²) in [4.78, 5) is 0. The number of hydrogen-bond acceptors (Lipinski definition) is 2. The molecular formula is C8H15NS. The van der Waals surface area contributed by atoms with Crippen LogP contribution in [0, 0.1) is 0 Å². The third-order valence-corrected chi connectivity index (χ3v) is 2.83. The molecule has 0 spiro atoms. The van der Waals surface area contributed by atoms with Crippen molar-refractivity contribution in [1.29, 1.82) is 0 Å². The highest BCUT2D eigenvalue weighted by atomic mass is 32.2. The molecule has 1 saturated heterocycles. The van der Waals surface area contributed by atoms with E-state index in [1.807, 2.05) is 17.8 Å². The molecule has 0 aromatic heterocycles. The average Bonchev–Trinajstić information content (AvgIpc) is 2.41. The number of hydrogen-bond donors (Lipinski definition) is 1. The quantitative estimate of drug-likeness (QED) is 0.492. The van der Waals surface area contributed by atoms with E-state index in [0.29, 0.717) is 0 Å². The van der Waals surface area contributed by atoms with E-state index < -0.39 is 0 Å². The van der Waals surface area contributed by atoms with Gasteiger partial charge in [-0.15, -0.1) is 6.58 Å². The highest BCUT2D eigenvalue weighted by molar-refractivity contribution is 7.99. The minimum absolute atomic E-state index is 0.782. The van der Waals surface area contributed by atoms with Crippen LogP contribution < -0.4 is 5.32 Å². The van der Waals surface area contributed by atoms with Gasteiger partial charge in [0.15, 0.2) is 0 Å². The van der Waals surface area contributed by atoms with E-state index in [-0.39, 0.29) is 0 Å².